The van der Waals surface area contributed by atoms with E-state index in [1.807, 2.05) is 0 Å². The maximum atomic E-state index is 10.9. The van der Waals surface area contributed by atoms with Crippen molar-refractivity contribution in [3.05, 3.63) is 12.2 Å². The van der Waals surface area contributed by atoms with Crippen LogP contribution < -0.4 is 0 Å². The van der Waals surface area contributed by atoms with Crippen LogP contribution in [0.2, 0.25) is 0 Å². The average molecular weight is 186 g/mol. The van der Waals surface area contributed by atoms with Gasteiger partial charge in [0.1, 0.15) is 0 Å². The van der Waals surface area contributed by atoms with Gasteiger partial charge in [0.2, 0.25) is 0 Å². The fourth-order valence-corrected chi connectivity index (χ4v) is 0.966. The van der Waals surface area contributed by atoms with Crippen molar-refractivity contribution in [2.75, 3.05) is 13.4 Å². The van der Waals surface area contributed by atoms with Crippen molar-refractivity contribution in [2.45, 2.75) is 26.1 Å². The molecule has 1 unspecified atom stereocenters. The number of ether oxygens (including phenoxy) is 3. The Labute approximate surface area is 77.5 Å². The number of hydrogen-bond acceptors (Lipinski definition) is 4. The summed E-state index contributed by atoms with van der Waals surface area (Å²) in [5.41, 5.74) is 0.371. The Bertz CT molecular complexity index is 194. The van der Waals surface area contributed by atoms with Gasteiger partial charge in [-0.1, -0.05) is 6.58 Å². The van der Waals surface area contributed by atoms with Crippen LogP contribution in [0.3, 0.4) is 0 Å². The molecule has 1 rings (SSSR count). The van der Waals surface area contributed by atoms with E-state index in [1.165, 1.54) is 0 Å². The van der Waals surface area contributed by atoms with Crippen molar-refractivity contribution in [3.8, 4) is 0 Å². The lowest BCUT2D eigenvalue weighted by Gasteiger charge is -2.10. The zero-order valence-electron chi connectivity index (χ0n) is 7.75. The molecule has 1 aliphatic heterocycles. The third-order valence-corrected chi connectivity index (χ3v) is 1.68. The van der Waals surface area contributed by atoms with E-state index in [9.17, 15) is 4.79 Å². The number of carbonyl (C=O) groups is 1. The van der Waals surface area contributed by atoms with Gasteiger partial charge in [0.05, 0.1) is 0 Å². The van der Waals surface area contributed by atoms with E-state index in [4.69, 9.17) is 14.2 Å². The fraction of sp³-hybridized carbons (Fsp3) is 0.667. The molecule has 0 aromatic carbocycles. The van der Waals surface area contributed by atoms with Crippen LogP contribution in [0.25, 0.3) is 0 Å². The summed E-state index contributed by atoms with van der Waals surface area (Å²) in [7, 11) is 0. The highest BCUT2D eigenvalue weighted by Gasteiger charge is 2.16. The zero-order valence-corrected chi connectivity index (χ0v) is 7.75. The lowest BCUT2D eigenvalue weighted by atomic mass is 10.4. The first-order valence-electron chi connectivity index (χ1n) is 4.26. The van der Waals surface area contributed by atoms with E-state index in [0.29, 0.717) is 5.57 Å². The van der Waals surface area contributed by atoms with E-state index in [2.05, 4.69) is 6.58 Å². The Balaban J connectivity index is 2.06. The van der Waals surface area contributed by atoms with Gasteiger partial charge in [-0.3, -0.25) is 0 Å². The molecule has 0 saturated carbocycles. The van der Waals surface area contributed by atoms with Gasteiger partial charge in [0.15, 0.2) is 13.1 Å². The van der Waals surface area contributed by atoms with Gasteiger partial charge in [0.25, 0.3) is 0 Å². The summed E-state index contributed by atoms with van der Waals surface area (Å²) >= 11 is 0. The second-order valence-electron chi connectivity index (χ2n) is 2.94. The topological polar surface area (TPSA) is 44.8 Å². The maximum absolute atomic E-state index is 10.9. The van der Waals surface area contributed by atoms with Crippen molar-refractivity contribution in [3.63, 3.8) is 0 Å². The zero-order chi connectivity index (χ0) is 9.68. The summed E-state index contributed by atoms with van der Waals surface area (Å²) in [5.74, 6) is -0.432. The second kappa shape index (κ2) is 4.99. The second-order valence-corrected chi connectivity index (χ2v) is 2.94. The number of rotatable bonds is 4. The first-order chi connectivity index (χ1) is 6.20. The molecule has 4 nitrogen and oxygen atoms in total. The molecule has 0 aromatic rings. The standard InChI is InChI=1S/C9H14O4/c1-7(2)9(10)13-6-12-8-4-3-5-11-8/h8H,1,3-6H2,2H3. The molecule has 0 amide bonds. The van der Waals surface area contributed by atoms with E-state index in [0.717, 1.165) is 19.4 Å². The van der Waals surface area contributed by atoms with Crippen LogP contribution in [-0.4, -0.2) is 25.7 Å². The van der Waals surface area contributed by atoms with Crippen LogP contribution in [0, 0.1) is 0 Å². The molecule has 4 heteroatoms. The Morgan fingerprint density at radius 1 is 1.69 bits per heavy atom. The molecule has 0 bridgehead atoms. The Hall–Kier alpha value is -0.870. The van der Waals surface area contributed by atoms with Crippen LogP contribution in [0.4, 0.5) is 0 Å². The Morgan fingerprint density at radius 2 is 2.46 bits per heavy atom. The smallest absolute Gasteiger partial charge is 0.335 e. The van der Waals surface area contributed by atoms with Crippen LogP contribution in [0.1, 0.15) is 19.8 Å². The predicted octanol–water partition coefficient (Wildman–Crippen LogP) is 1.22. The predicted molar refractivity (Wildman–Crippen MR) is 45.8 cm³/mol. The third-order valence-electron chi connectivity index (χ3n) is 1.68. The van der Waals surface area contributed by atoms with E-state index in [-0.39, 0.29) is 13.1 Å². The fourth-order valence-electron chi connectivity index (χ4n) is 0.966. The van der Waals surface area contributed by atoms with Crippen molar-refractivity contribution < 1.29 is 19.0 Å². The van der Waals surface area contributed by atoms with Crippen LogP contribution in [0.5, 0.6) is 0 Å². The van der Waals surface area contributed by atoms with E-state index in [1.54, 1.807) is 6.92 Å². The molecule has 1 saturated heterocycles. The molecule has 1 atom stereocenters. The number of hydrogen-bond donors (Lipinski definition) is 0. The van der Waals surface area contributed by atoms with Crippen molar-refractivity contribution >= 4 is 5.97 Å². The molecule has 1 fully saturated rings. The summed E-state index contributed by atoms with van der Waals surface area (Å²) in [5, 5.41) is 0. The first-order valence-corrected chi connectivity index (χ1v) is 4.26. The number of esters is 1. The van der Waals surface area contributed by atoms with Crippen molar-refractivity contribution in [1.29, 1.82) is 0 Å². The van der Waals surface area contributed by atoms with Crippen molar-refractivity contribution in [2.24, 2.45) is 0 Å². The van der Waals surface area contributed by atoms with Crippen LogP contribution in [0.15, 0.2) is 12.2 Å². The van der Waals surface area contributed by atoms with Crippen molar-refractivity contribution in [1.82, 2.24) is 0 Å². The quantitative estimate of drug-likeness (QED) is 0.376. The number of carbonyl (C=O) groups excluding carboxylic acids is 1. The van der Waals surface area contributed by atoms with Crippen LogP contribution in [-0.2, 0) is 19.0 Å². The lowest BCUT2D eigenvalue weighted by molar-refractivity contribution is -0.183. The Kier molecular flexibility index (Phi) is 3.92. The molecule has 0 N–H and O–H groups in total. The monoisotopic (exact) mass is 186 g/mol. The van der Waals surface area contributed by atoms with Gasteiger partial charge in [-0.05, 0) is 13.3 Å². The summed E-state index contributed by atoms with van der Waals surface area (Å²) < 4.78 is 15.0. The highest BCUT2D eigenvalue weighted by Crippen LogP contribution is 2.12. The summed E-state index contributed by atoms with van der Waals surface area (Å²) in [4.78, 5) is 10.9. The lowest BCUT2D eigenvalue weighted by Crippen LogP contribution is -2.16. The van der Waals surface area contributed by atoms with Gasteiger partial charge >= 0.3 is 5.97 Å². The van der Waals surface area contributed by atoms with Gasteiger partial charge in [-0.15, -0.1) is 0 Å². The molecular weight excluding hydrogens is 172 g/mol. The summed E-state index contributed by atoms with van der Waals surface area (Å²) in [6.45, 7) is 5.70. The van der Waals surface area contributed by atoms with E-state index < -0.39 is 5.97 Å². The summed E-state index contributed by atoms with van der Waals surface area (Å²) in [6.07, 6.45) is 1.65. The molecular formula is C9H14O4. The Morgan fingerprint density at radius 3 is 3.00 bits per heavy atom. The van der Waals surface area contributed by atoms with Gasteiger partial charge in [0, 0.05) is 18.6 Å². The molecule has 0 radical (unpaired) electrons. The maximum Gasteiger partial charge on any atom is 0.335 e. The van der Waals surface area contributed by atoms with Gasteiger partial charge in [-0.2, -0.15) is 0 Å². The molecule has 0 aromatic heterocycles. The minimum Gasteiger partial charge on any atom is -0.435 e. The SMILES string of the molecule is C=C(C)C(=O)OCOC1CCCO1. The third kappa shape index (κ3) is 3.57. The average Bonchev–Trinajstić information content (AvgIpc) is 2.56. The minimum atomic E-state index is -0.432. The minimum absolute atomic E-state index is 0.0592. The molecule has 1 aliphatic rings. The molecule has 74 valence electrons. The first kappa shape index (κ1) is 10.2. The normalized spacial score (nSPS) is 21.5. The largest absolute Gasteiger partial charge is 0.435 e. The van der Waals surface area contributed by atoms with E-state index >= 15 is 0 Å². The summed E-state index contributed by atoms with van der Waals surface area (Å²) in [6, 6.07) is 0. The van der Waals surface area contributed by atoms with Gasteiger partial charge in [-0.25, -0.2) is 4.79 Å². The molecule has 0 aliphatic carbocycles. The molecule has 13 heavy (non-hydrogen) atoms. The highest BCUT2D eigenvalue weighted by atomic mass is 16.8. The van der Waals surface area contributed by atoms with Gasteiger partial charge < -0.3 is 14.2 Å². The molecule has 0 spiro atoms. The highest BCUT2D eigenvalue weighted by molar-refractivity contribution is 5.86. The molecule has 1 heterocycles. The van der Waals surface area contributed by atoms with Crippen LogP contribution >= 0.6 is 0 Å².